The van der Waals surface area contributed by atoms with Crippen molar-refractivity contribution in [1.82, 2.24) is 24.8 Å². The molecule has 0 radical (unpaired) electrons. The van der Waals surface area contributed by atoms with Gasteiger partial charge in [-0.25, -0.2) is 9.37 Å². The second-order valence-electron chi connectivity index (χ2n) is 11.9. The summed E-state index contributed by atoms with van der Waals surface area (Å²) in [7, 11) is 0. The van der Waals surface area contributed by atoms with E-state index in [4.69, 9.17) is 20.4 Å². The largest absolute Gasteiger partial charge is 0.461 e. The van der Waals surface area contributed by atoms with Crippen LogP contribution in [0.25, 0.3) is 0 Å². The molecule has 1 spiro atoms. The smallest absolute Gasteiger partial charge is 0.323 e. The topological polar surface area (TPSA) is 149 Å². The van der Waals surface area contributed by atoms with Crippen LogP contribution in [0.3, 0.4) is 0 Å². The lowest BCUT2D eigenvalue weighted by molar-refractivity contribution is -0.114. The maximum absolute atomic E-state index is 14.4. The molecule has 3 aromatic heterocycles. The quantitative estimate of drug-likeness (QED) is 0.432. The second-order valence-corrected chi connectivity index (χ2v) is 14.4. The van der Waals surface area contributed by atoms with E-state index in [2.05, 4.69) is 31.2 Å². The fraction of sp³-hybridized carbons (Fsp3) is 0.500. The summed E-state index contributed by atoms with van der Waals surface area (Å²) in [6, 6.07) is 6.20. The molecule has 5 aliphatic heterocycles. The van der Waals surface area contributed by atoms with Crippen LogP contribution in [0.15, 0.2) is 18.3 Å². The molecule has 3 saturated heterocycles. The summed E-state index contributed by atoms with van der Waals surface area (Å²) in [5.74, 6) is 1.87. The van der Waals surface area contributed by atoms with Gasteiger partial charge in [-0.2, -0.15) is 20.2 Å². The summed E-state index contributed by atoms with van der Waals surface area (Å²) >= 11 is 3.32. The van der Waals surface area contributed by atoms with Gasteiger partial charge in [0.2, 0.25) is 17.8 Å². The number of carbonyl (C=O) groups excluding carboxylic acids is 1. The average Bonchev–Trinajstić information content (AvgIpc) is 3.66. The molecule has 43 heavy (non-hydrogen) atoms. The molecule has 8 rings (SSSR count). The van der Waals surface area contributed by atoms with Gasteiger partial charge in [0, 0.05) is 54.0 Å². The maximum atomic E-state index is 14.4. The lowest BCUT2D eigenvalue weighted by atomic mass is 9.88. The minimum Gasteiger partial charge on any atom is -0.461 e. The van der Waals surface area contributed by atoms with Gasteiger partial charge in [0.25, 0.3) is 0 Å². The molecule has 0 aromatic carbocycles. The molecule has 0 unspecified atom stereocenters. The summed E-state index contributed by atoms with van der Waals surface area (Å²) in [5, 5.41) is 13.2. The molecule has 0 saturated carbocycles. The summed E-state index contributed by atoms with van der Waals surface area (Å²) in [4.78, 5) is 38.5. The number of carbonyl (C=O) groups is 1. The molecule has 3 aromatic rings. The van der Waals surface area contributed by atoms with E-state index in [1.54, 1.807) is 11.1 Å². The van der Waals surface area contributed by atoms with Crippen molar-refractivity contribution < 1.29 is 13.9 Å². The number of nitrogens with two attached hydrogens (primary N) is 1. The van der Waals surface area contributed by atoms with Crippen LogP contribution in [-0.4, -0.2) is 81.8 Å². The van der Waals surface area contributed by atoms with Crippen molar-refractivity contribution in [2.75, 3.05) is 60.2 Å². The zero-order valence-corrected chi connectivity index (χ0v) is 24.9. The standard InChI is InChI=1S/C28H29FN10O2S2/c29-17-7-27(4-2-6-39(27)10-17)15-41-26-35-24(37-9-16-3-1-5-32-23(16)33-20(40)11-37)34-25(36-26)38-13-28(14-38)21-18(8-30)22(31)43-19(21)12-42-28/h1,3,5,17H,2,4,6-7,9-15,31H2,(H,32,33,40)/t17-,27+/m1/s1. The summed E-state index contributed by atoms with van der Waals surface area (Å²) in [6.07, 6.45) is 3.09. The molecule has 3 N–H and O–H groups in total. The molecular formula is C28H29FN10O2S2. The number of thiophene rings is 1. The number of rotatable bonds is 5. The Morgan fingerprint density at radius 2 is 2.07 bits per heavy atom. The van der Waals surface area contributed by atoms with Crippen LogP contribution in [0.2, 0.25) is 0 Å². The molecule has 5 aliphatic rings. The third kappa shape index (κ3) is 4.37. The minimum absolute atomic E-state index is 0.0311. The maximum Gasteiger partial charge on any atom is 0.323 e. The van der Waals surface area contributed by atoms with Crippen molar-refractivity contribution in [3.05, 3.63) is 39.9 Å². The number of nitrogen functional groups attached to an aromatic ring is 1. The monoisotopic (exact) mass is 620 g/mol. The third-order valence-electron chi connectivity index (χ3n) is 9.18. The number of aromatic nitrogens is 4. The molecule has 8 heterocycles. The Hall–Kier alpha value is -3.74. The highest BCUT2D eigenvalue weighted by atomic mass is 32.2. The average molecular weight is 621 g/mol. The van der Waals surface area contributed by atoms with Crippen molar-refractivity contribution in [2.45, 2.75) is 48.0 Å². The van der Waals surface area contributed by atoms with Gasteiger partial charge in [-0.05, 0) is 25.5 Å². The molecule has 12 nitrogen and oxygen atoms in total. The number of ether oxygens (including phenoxy) is 1. The number of anilines is 4. The number of thioether (sulfide) groups is 1. The SMILES string of the molecule is N#Cc1c(N)sc2c1C1(CN(c3nc(OC[C@@]45CCCN4C[C@H](F)C5)nc(N4CC(=O)Nc5ncccc5C4)n3)C1)SC2. The fourth-order valence-electron chi connectivity index (χ4n) is 7.19. The zero-order valence-electron chi connectivity index (χ0n) is 23.3. The second kappa shape index (κ2) is 9.90. The third-order valence-corrected chi connectivity index (χ3v) is 11.8. The number of nitrogens with one attached hydrogen (secondary N) is 1. The number of amides is 1. The van der Waals surface area contributed by atoms with E-state index in [-0.39, 0.29) is 35.4 Å². The highest BCUT2D eigenvalue weighted by Gasteiger charge is 2.53. The highest BCUT2D eigenvalue weighted by molar-refractivity contribution is 8.00. The first kappa shape index (κ1) is 26.9. The van der Waals surface area contributed by atoms with Crippen molar-refractivity contribution in [2.24, 2.45) is 0 Å². The molecule has 3 fully saturated rings. The number of fused-ring (bicyclic) bond motifs is 4. The number of halogens is 1. The van der Waals surface area contributed by atoms with Gasteiger partial charge in [-0.3, -0.25) is 9.69 Å². The molecule has 0 aliphatic carbocycles. The van der Waals surface area contributed by atoms with Crippen LogP contribution in [0.4, 0.5) is 27.1 Å². The molecule has 1 amide bonds. The van der Waals surface area contributed by atoms with E-state index >= 15 is 0 Å². The van der Waals surface area contributed by atoms with Gasteiger partial charge >= 0.3 is 6.01 Å². The van der Waals surface area contributed by atoms with E-state index < -0.39 is 6.17 Å². The Morgan fingerprint density at radius 3 is 2.91 bits per heavy atom. The Kier molecular flexibility index (Phi) is 6.18. The molecule has 222 valence electrons. The van der Waals surface area contributed by atoms with E-state index in [1.165, 1.54) is 11.3 Å². The number of pyridine rings is 1. The lowest BCUT2D eigenvalue weighted by Crippen LogP contribution is -2.57. The van der Waals surface area contributed by atoms with E-state index in [9.17, 15) is 14.4 Å². The van der Waals surface area contributed by atoms with Gasteiger partial charge in [0.05, 0.1) is 22.4 Å². The Morgan fingerprint density at radius 1 is 1.23 bits per heavy atom. The van der Waals surface area contributed by atoms with Crippen molar-refractivity contribution in [1.29, 1.82) is 5.26 Å². The summed E-state index contributed by atoms with van der Waals surface area (Å²) in [5.41, 5.74) is 8.28. The predicted octanol–water partition coefficient (Wildman–Crippen LogP) is 2.66. The predicted molar refractivity (Wildman–Crippen MR) is 161 cm³/mol. The normalized spacial score (nSPS) is 25.5. The highest BCUT2D eigenvalue weighted by Crippen LogP contribution is 2.57. The Balaban J connectivity index is 1.11. The summed E-state index contributed by atoms with van der Waals surface area (Å²) in [6.45, 7) is 3.19. The minimum atomic E-state index is -0.867. The van der Waals surface area contributed by atoms with Gasteiger partial charge in [0.1, 0.15) is 36.2 Å². The van der Waals surface area contributed by atoms with Crippen molar-refractivity contribution >= 4 is 51.7 Å². The molecule has 2 atom stereocenters. The lowest BCUT2D eigenvalue weighted by Gasteiger charge is -2.47. The van der Waals surface area contributed by atoms with E-state index in [0.717, 1.165) is 41.1 Å². The number of hydrogen-bond acceptors (Lipinski definition) is 13. The number of nitriles is 1. The van der Waals surface area contributed by atoms with Crippen molar-refractivity contribution in [3.8, 4) is 12.1 Å². The summed E-state index contributed by atoms with van der Waals surface area (Å²) < 4.78 is 20.4. The number of alkyl halides is 1. The Labute approximate surface area is 255 Å². The van der Waals surface area contributed by atoms with Crippen molar-refractivity contribution in [3.63, 3.8) is 0 Å². The van der Waals surface area contributed by atoms with Gasteiger partial charge in [-0.15, -0.1) is 23.1 Å². The van der Waals surface area contributed by atoms with Crippen LogP contribution in [0.5, 0.6) is 6.01 Å². The van der Waals surface area contributed by atoms with E-state index in [0.29, 0.717) is 60.9 Å². The van der Waals surface area contributed by atoms with Gasteiger partial charge < -0.3 is 25.6 Å². The van der Waals surface area contributed by atoms with Gasteiger partial charge in [-0.1, -0.05) is 6.07 Å². The number of nitrogens with zero attached hydrogens (tertiary/aromatic N) is 8. The first-order valence-corrected chi connectivity index (χ1v) is 16.1. The van der Waals surface area contributed by atoms with Crippen LogP contribution in [-0.2, 0) is 21.8 Å². The van der Waals surface area contributed by atoms with Gasteiger partial charge in [0.15, 0.2) is 0 Å². The van der Waals surface area contributed by atoms with E-state index in [1.807, 2.05) is 23.9 Å². The molecule has 0 bridgehead atoms. The van der Waals surface area contributed by atoms with Crippen LogP contribution in [0.1, 0.15) is 40.8 Å². The molecular weight excluding hydrogens is 592 g/mol. The first-order valence-electron chi connectivity index (χ1n) is 14.3. The number of hydrogen-bond donors (Lipinski definition) is 2. The van der Waals surface area contributed by atoms with Crippen LogP contribution < -0.4 is 25.6 Å². The van der Waals surface area contributed by atoms with Crippen LogP contribution >= 0.6 is 23.1 Å². The Bertz CT molecular complexity index is 1670. The fourth-order valence-corrected chi connectivity index (χ4v) is 9.99. The van der Waals surface area contributed by atoms with Crippen LogP contribution in [0, 0.1) is 11.3 Å². The first-order chi connectivity index (χ1) is 20.8. The zero-order chi connectivity index (χ0) is 29.3. The molecule has 15 heteroatoms.